The van der Waals surface area contributed by atoms with Crippen LogP contribution in [0, 0.1) is 12.8 Å². The standard InChI is InChI=1S/C14H22N2O3/c1-9(2)12(8-18-4)16-13-7-6-11(10(3)15-13)14(17)19-5/h6-7,9,12H,8H2,1-5H3,(H,15,16). The van der Waals surface area contributed by atoms with Crippen LogP contribution in [0.5, 0.6) is 0 Å². The zero-order valence-electron chi connectivity index (χ0n) is 12.2. The Hall–Kier alpha value is -1.62. The summed E-state index contributed by atoms with van der Waals surface area (Å²) < 4.78 is 9.88. The van der Waals surface area contributed by atoms with Crippen molar-refractivity contribution in [2.45, 2.75) is 26.8 Å². The third kappa shape index (κ3) is 4.21. The van der Waals surface area contributed by atoms with E-state index in [-0.39, 0.29) is 12.0 Å². The number of anilines is 1. The number of esters is 1. The number of pyridine rings is 1. The first-order valence-corrected chi connectivity index (χ1v) is 6.31. The minimum Gasteiger partial charge on any atom is -0.465 e. The minimum atomic E-state index is -0.367. The molecule has 1 N–H and O–H groups in total. The molecule has 0 aliphatic heterocycles. The van der Waals surface area contributed by atoms with Crippen LogP contribution < -0.4 is 5.32 Å². The topological polar surface area (TPSA) is 60.5 Å². The van der Waals surface area contributed by atoms with Gasteiger partial charge in [-0.3, -0.25) is 0 Å². The zero-order valence-corrected chi connectivity index (χ0v) is 12.2. The molecule has 5 heteroatoms. The van der Waals surface area contributed by atoms with Gasteiger partial charge < -0.3 is 14.8 Å². The van der Waals surface area contributed by atoms with Gasteiger partial charge in [0.25, 0.3) is 0 Å². The molecule has 19 heavy (non-hydrogen) atoms. The number of nitrogens with zero attached hydrogens (tertiary/aromatic N) is 1. The molecule has 0 spiro atoms. The summed E-state index contributed by atoms with van der Waals surface area (Å²) in [4.78, 5) is 15.9. The molecule has 1 unspecified atom stereocenters. The Bertz CT molecular complexity index is 433. The lowest BCUT2D eigenvalue weighted by Gasteiger charge is -2.22. The number of nitrogens with one attached hydrogen (secondary N) is 1. The summed E-state index contributed by atoms with van der Waals surface area (Å²) in [5.74, 6) is 0.789. The van der Waals surface area contributed by atoms with Gasteiger partial charge in [-0.25, -0.2) is 9.78 Å². The van der Waals surface area contributed by atoms with Gasteiger partial charge in [0.1, 0.15) is 5.82 Å². The molecule has 0 aromatic carbocycles. The van der Waals surface area contributed by atoms with Crippen molar-refractivity contribution in [1.82, 2.24) is 4.98 Å². The first-order valence-electron chi connectivity index (χ1n) is 6.31. The van der Waals surface area contributed by atoms with E-state index in [1.165, 1.54) is 7.11 Å². The Balaban J connectivity index is 2.85. The smallest absolute Gasteiger partial charge is 0.339 e. The summed E-state index contributed by atoms with van der Waals surface area (Å²) in [6, 6.07) is 3.69. The summed E-state index contributed by atoms with van der Waals surface area (Å²) in [6.45, 7) is 6.63. The minimum absolute atomic E-state index is 0.181. The molecule has 0 bridgehead atoms. The highest BCUT2D eigenvalue weighted by Gasteiger charge is 2.15. The van der Waals surface area contributed by atoms with Crippen molar-refractivity contribution in [2.24, 2.45) is 5.92 Å². The second kappa shape index (κ2) is 7.09. The Labute approximate surface area is 114 Å². The lowest BCUT2D eigenvalue weighted by molar-refractivity contribution is 0.0599. The highest BCUT2D eigenvalue weighted by molar-refractivity contribution is 5.90. The van der Waals surface area contributed by atoms with E-state index < -0.39 is 0 Å². The molecular formula is C14H22N2O3. The number of carbonyl (C=O) groups excluding carboxylic acids is 1. The summed E-state index contributed by atoms with van der Waals surface area (Å²) in [5, 5.41) is 3.32. The molecule has 5 nitrogen and oxygen atoms in total. The van der Waals surface area contributed by atoms with Gasteiger partial charge in [0.05, 0.1) is 31.0 Å². The molecule has 0 aliphatic rings. The van der Waals surface area contributed by atoms with E-state index in [9.17, 15) is 4.79 Å². The van der Waals surface area contributed by atoms with Gasteiger partial charge in [-0.2, -0.15) is 0 Å². The molecule has 0 amide bonds. The monoisotopic (exact) mass is 266 g/mol. The maximum atomic E-state index is 11.5. The van der Waals surface area contributed by atoms with E-state index in [4.69, 9.17) is 9.47 Å². The normalized spacial score (nSPS) is 12.3. The van der Waals surface area contributed by atoms with E-state index >= 15 is 0 Å². The van der Waals surface area contributed by atoms with Crippen molar-refractivity contribution in [3.05, 3.63) is 23.4 Å². The van der Waals surface area contributed by atoms with Crippen molar-refractivity contribution in [2.75, 3.05) is 26.1 Å². The number of hydrogen-bond donors (Lipinski definition) is 1. The maximum Gasteiger partial charge on any atom is 0.339 e. The Morgan fingerprint density at radius 3 is 2.53 bits per heavy atom. The molecule has 1 aromatic heterocycles. The predicted octanol–water partition coefficient (Wildman–Crippen LogP) is 2.26. The average molecular weight is 266 g/mol. The van der Waals surface area contributed by atoms with Crippen molar-refractivity contribution in [3.8, 4) is 0 Å². The number of methoxy groups -OCH3 is 2. The van der Waals surface area contributed by atoms with Gasteiger partial charge in [0, 0.05) is 7.11 Å². The third-order valence-corrected chi connectivity index (χ3v) is 2.98. The molecule has 1 atom stereocenters. The third-order valence-electron chi connectivity index (χ3n) is 2.98. The van der Waals surface area contributed by atoms with Crippen LogP contribution in [0.4, 0.5) is 5.82 Å². The SMILES string of the molecule is COCC(Nc1ccc(C(=O)OC)c(C)n1)C(C)C. The lowest BCUT2D eigenvalue weighted by Crippen LogP contribution is -2.31. The van der Waals surface area contributed by atoms with Crippen molar-refractivity contribution < 1.29 is 14.3 Å². The Morgan fingerprint density at radius 2 is 2.05 bits per heavy atom. The van der Waals surface area contributed by atoms with E-state index in [0.29, 0.717) is 23.8 Å². The first-order chi connectivity index (χ1) is 8.99. The van der Waals surface area contributed by atoms with Crippen molar-refractivity contribution >= 4 is 11.8 Å². The summed E-state index contributed by atoms with van der Waals surface area (Å²) >= 11 is 0. The van der Waals surface area contributed by atoms with Crippen molar-refractivity contribution in [3.63, 3.8) is 0 Å². The van der Waals surface area contributed by atoms with E-state index in [1.54, 1.807) is 26.2 Å². The predicted molar refractivity (Wildman–Crippen MR) is 74.4 cm³/mol. The van der Waals surface area contributed by atoms with Crippen LogP contribution in [-0.4, -0.2) is 37.8 Å². The highest BCUT2D eigenvalue weighted by Crippen LogP contribution is 2.15. The molecule has 1 heterocycles. The fourth-order valence-electron chi connectivity index (χ4n) is 1.74. The van der Waals surface area contributed by atoms with Gasteiger partial charge in [0.2, 0.25) is 0 Å². The maximum absolute atomic E-state index is 11.5. The molecule has 0 fully saturated rings. The summed E-state index contributed by atoms with van der Waals surface area (Å²) in [7, 11) is 3.04. The molecule has 1 aromatic rings. The molecule has 0 saturated heterocycles. The number of ether oxygens (including phenoxy) is 2. The summed E-state index contributed by atoms with van der Waals surface area (Å²) in [6.07, 6.45) is 0. The Kier molecular flexibility index (Phi) is 5.76. The van der Waals surface area contributed by atoms with E-state index in [2.05, 4.69) is 24.1 Å². The summed E-state index contributed by atoms with van der Waals surface area (Å²) in [5.41, 5.74) is 1.14. The second-order valence-corrected chi connectivity index (χ2v) is 4.77. The van der Waals surface area contributed by atoms with Crippen LogP contribution in [0.1, 0.15) is 29.9 Å². The van der Waals surface area contributed by atoms with Crippen LogP contribution in [0.2, 0.25) is 0 Å². The second-order valence-electron chi connectivity index (χ2n) is 4.77. The fourth-order valence-corrected chi connectivity index (χ4v) is 1.74. The van der Waals surface area contributed by atoms with E-state index in [1.807, 2.05) is 0 Å². The van der Waals surface area contributed by atoms with Gasteiger partial charge in [-0.1, -0.05) is 13.8 Å². The molecule has 0 radical (unpaired) electrons. The van der Waals surface area contributed by atoms with Gasteiger partial charge in [-0.15, -0.1) is 0 Å². The molecule has 0 aliphatic carbocycles. The number of aromatic nitrogens is 1. The van der Waals surface area contributed by atoms with Gasteiger partial charge in [0.15, 0.2) is 0 Å². The highest BCUT2D eigenvalue weighted by atomic mass is 16.5. The molecule has 106 valence electrons. The first kappa shape index (κ1) is 15.4. The van der Waals surface area contributed by atoms with Crippen LogP contribution in [0.15, 0.2) is 12.1 Å². The number of aryl methyl sites for hydroxylation is 1. The van der Waals surface area contributed by atoms with Crippen LogP contribution in [-0.2, 0) is 9.47 Å². The van der Waals surface area contributed by atoms with Gasteiger partial charge >= 0.3 is 5.97 Å². The van der Waals surface area contributed by atoms with Crippen molar-refractivity contribution in [1.29, 1.82) is 0 Å². The van der Waals surface area contributed by atoms with Crippen LogP contribution in [0.3, 0.4) is 0 Å². The molecule has 1 rings (SSSR count). The number of rotatable bonds is 6. The van der Waals surface area contributed by atoms with E-state index in [0.717, 1.165) is 5.82 Å². The van der Waals surface area contributed by atoms with Crippen LogP contribution >= 0.6 is 0 Å². The molecule has 0 saturated carbocycles. The largest absolute Gasteiger partial charge is 0.465 e. The Morgan fingerprint density at radius 1 is 1.37 bits per heavy atom. The number of hydrogen-bond acceptors (Lipinski definition) is 5. The average Bonchev–Trinajstić information content (AvgIpc) is 2.37. The zero-order chi connectivity index (χ0) is 14.4. The fraction of sp³-hybridized carbons (Fsp3) is 0.571. The van der Waals surface area contributed by atoms with Crippen LogP contribution in [0.25, 0.3) is 0 Å². The molecular weight excluding hydrogens is 244 g/mol. The quantitative estimate of drug-likeness (QED) is 0.800. The lowest BCUT2D eigenvalue weighted by atomic mass is 10.1. The van der Waals surface area contributed by atoms with Gasteiger partial charge in [-0.05, 0) is 25.0 Å². The number of carbonyl (C=O) groups is 1.